The van der Waals surface area contributed by atoms with Gasteiger partial charge in [-0.25, -0.2) is 0 Å². The van der Waals surface area contributed by atoms with Crippen LogP contribution in [0.3, 0.4) is 0 Å². The number of anilines is 8. The Morgan fingerprint density at radius 2 is 0.769 bits per heavy atom. The van der Waals surface area contributed by atoms with Crippen molar-refractivity contribution in [2.45, 2.75) is 12.8 Å². The molecular formula is C49H41N3. The number of rotatable bonds is 10. The van der Waals surface area contributed by atoms with Crippen LogP contribution in [-0.4, -0.2) is 0 Å². The second kappa shape index (κ2) is 15.1. The van der Waals surface area contributed by atoms with E-state index in [1.54, 1.807) is 0 Å². The van der Waals surface area contributed by atoms with Gasteiger partial charge < -0.3 is 15.1 Å². The van der Waals surface area contributed by atoms with Crippen LogP contribution in [0.4, 0.5) is 45.5 Å². The standard InChI is InChI=1S/C49H41N3/c1-37-15-11-12-22-47(37)48-23-13-14-24-49(48)50-40-29-25-38(26-30-40)39-27-31-44(32-28-39)52(43-20-9-4-10-21-43)46-35-33-45(34-36-46)51(41-16-5-2-6-17-41)42-18-7-3-8-19-42/h2-37,47,50H,1H3. The van der Waals surface area contributed by atoms with Crippen LogP contribution < -0.4 is 15.1 Å². The predicted octanol–water partition coefficient (Wildman–Crippen LogP) is 13.9. The molecule has 52 heavy (non-hydrogen) atoms. The summed E-state index contributed by atoms with van der Waals surface area (Å²) < 4.78 is 0. The highest BCUT2D eigenvalue weighted by atomic mass is 15.2. The fourth-order valence-corrected chi connectivity index (χ4v) is 7.09. The molecule has 0 radical (unpaired) electrons. The van der Waals surface area contributed by atoms with Gasteiger partial charge in [-0.05, 0) is 114 Å². The van der Waals surface area contributed by atoms with Gasteiger partial charge in [-0.1, -0.05) is 128 Å². The molecule has 252 valence electrons. The molecule has 0 bridgehead atoms. The van der Waals surface area contributed by atoms with Gasteiger partial charge in [0.15, 0.2) is 0 Å². The van der Waals surface area contributed by atoms with Crippen molar-refractivity contribution >= 4 is 45.5 Å². The van der Waals surface area contributed by atoms with Crippen LogP contribution in [0.2, 0.25) is 0 Å². The van der Waals surface area contributed by atoms with Crippen LogP contribution in [0, 0.1) is 5.92 Å². The summed E-state index contributed by atoms with van der Waals surface area (Å²) in [5.74, 6) is 0.818. The topological polar surface area (TPSA) is 18.5 Å². The monoisotopic (exact) mass is 671 g/mol. The SMILES string of the molecule is CC1C=CC=CC1c1ccccc1Nc1ccc(-c2ccc(N(c3ccccc3)c3ccc(N(c4ccccc4)c4ccccc4)cc3)cc2)cc1. The number of nitrogens with zero attached hydrogens (tertiary/aromatic N) is 2. The molecule has 0 fully saturated rings. The van der Waals surface area contributed by atoms with Crippen molar-refractivity contribution in [2.75, 3.05) is 15.1 Å². The van der Waals surface area contributed by atoms with Crippen molar-refractivity contribution < 1.29 is 0 Å². The molecule has 0 spiro atoms. The highest BCUT2D eigenvalue weighted by Crippen LogP contribution is 2.40. The first kappa shape index (κ1) is 32.6. The molecular weight excluding hydrogens is 631 g/mol. The molecule has 7 aromatic carbocycles. The van der Waals surface area contributed by atoms with E-state index in [1.807, 2.05) is 0 Å². The summed E-state index contributed by atoms with van der Waals surface area (Å²) in [4.78, 5) is 4.60. The minimum absolute atomic E-state index is 0.359. The molecule has 0 heterocycles. The van der Waals surface area contributed by atoms with Gasteiger partial charge in [0.25, 0.3) is 0 Å². The van der Waals surface area contributed by atoms with Crippen LogP contribution in [-0.2, 0) is 0 Å². The lowest BCUT2D eigenvalue weighted by atomic mass is 9.83. The Morgan fingerprint density at radius 3 is 1.25 bits per heavy atom. The maximum Gasteiger partial charge on any atom is 0.0463 e. The minimum Gasteiger partial charge on any atom is -0.355 e. The number of para-hydroxylation sites is 4. The van der Waals surface area contributed by atoms with Crippen LogP contribution in [0.25, 0.3) is 11.1 Å². The van der Waals surface area contributed by atoms with Crippen LogP contribution in [0.15, 0.2) is 212 Å². The van der Waals surface area contributed by atoms with Crippen LogP contribution >= 0.6 is 0 Å². The molecule has 3 nitrogen and oxygen atoms in total. The smallest absolute Gasteiger partial charge is 0.0463 e. The summed E-state index contributed by atoms with van der Waals surface area (Å²) in [6, 6.07) is 66.7. The molecule has 1 aliphatic carbocycles. The van der Waals surface area contributed by atoms with E-state index in [0.29, 0.717) is 11.8 Å². The van der Waals surface area contributed by atoms with E-state index < -0.39 is 0 Å². The second-order valence-electron chi connectivity index (χ2n) is 13.2. The number of nitrogens with one attached hydrogen (secondary N) is 1. The summed E-state index contributed by atoms with van der Waals surface area (Å²) in [6.45, 7) is 2.28. The van der Waals surface area contributed by atoms with E-state index in [0.717, 1.165) is 45.5 Å². The molecule has 0 saturated heterocycles. The Labute approximate surface area is 307 Å². The zero-order valence-electron chi connectivity index (χ0n) is 29.3. The molecule has 1 aliphatic rings. The summed E-state index contributed by atoms with van der Waals surface area (Å²) in [7, 11) is 0. The lowest BCUT2D eigenvalue weighted by molar-refractivity contribution is 0.636. The first-order valence-electron chi connectivity index (χ1n) is 18.0. The third-order valence-corrected chi connectivity index (χ3v) is 9.76. The van der Waals surface area contributed by atoms with Gasteiger partial charge in [0.05, 0.1) is 0 Å². The van der Waals surface area contributed by atoms with Crippen molar-refractivity contribution in [3.63, 3.8) is 0 Å². The molecule has 0 saturated carbocycles. The van der Waals surface area contributed by atoms with Crippen molar-refractivity contribution in [2.24, 2.45) is 5.92 Å². The summed E-state index contributed by atoms with van der Waals surface area (Å²) in [5, 5.41) is 3.69. The van der Waals surface area contributed by atoms with Crippen molar-refractivity contribution in [3.8, 4) is 11.1 Å². The van der Waals surface area contributed by atoms with Gasteiger partial charge in [0, 0.05) is 51.4 Å². The van der Waals surface area contributed by atoms with Gasteiger partial charge in [-0.3, -0.25) is 0 Å². The zero-order valence-corrected chi connectivity index (χ0v) is 29.3. The van der Waals surface area contributed by atoms with Gasteiger partial charge in [-0.2, -0.15) is 0 Å². The molecule has 0 aromatic heterocycles. The Morgan fingerprint density at radius 1 is 0.385 bits per heavy atom. The van der Waals surface area contributed by atoms with Crippen molar-refractivity contribution in [1.29, 1.82) is 0 Å². The molecule has 8 rings (SSSR count). The Balaban J connectivity index is 1.05. The lowest BCUT2D eigenvalue weighted by Crippen LogP contribution is -2.12. The van der Waals surface area contributed by atoms with Crippen LogP contribution in [0.1, 0.15) is 18.4 Å². The quantitative estimate of drug-likeness (QED) is 0.156. The van der Waals surface area contributed by atoms with E-state index >= 15 is 0 Å². The summed E-state index contributed by atoms with van der Waals surface area (Å²) in [5.41, 5.74) is 12.5. The normalized spacial score (nSPS) is 14.9. The second-order valence-corrected chi connectivity index (χ2v) is 13.2. The largest absolute Gasteiger partial charge is 0.355 e. The first-order valence-corrected chi connectivity index (χ1v) is 18.0. The van der Waals surface area contributed by atoms with Gasteiger partial charge >= 0.3 is 0 Å². The summed E-state index contributed by atoms with van der Waals surface area (Å²) in [6.07, 6.45) is 8.88. The third kappa shape index (κ3) is 7.03. The van der Waals surface area contributed by atoms with E-state index in [-0.39, 0.29) is 0 Å². The maximum absolute atomic E-state index is 3.69. The van der Waals surface area contributed by atoms with Gasteiger partial charge in [-0.15, -0.1) is 0 Å². The number of hydrogen-bond donors (Lipinski definition) is 1. The van der Waals surface area contributed by atoms with Crippen LogP contribution in [0.5, 0.6) is 0 Å². The molecule has 3 heteroatoms. The number of benzene rings is 7. The highest BCUT2D eigenvalue weighted by molar-refractivity contribution is 5.82. The average Bonchev–Trinajstić information content (AvgIpc) is 3.21. The number of hydrogen-bond acceptors (Lipinski definition) is 3. The van der Waals surface area contributed by atoms with E-state index in [9.17, 15) is 0 Å². The Kier molecular flexibility index (Phi) is 9.48. The predicted molar refractivity (Wildman–Crippen MR) is 221 cm³/mol. The molecule has 7 aromatic rings. The van der Waals surface area contributed by atoms with Gasteiger partial charge in [0.1, 0.15) is 0 Å². The summed E-state index contributed by atoms with van der Waals surface area (Å²) >= 11 is 0. The maximum atomic E-state index is 3.69. The molecule has 2 atom stereocenters. The molecule has 1 N–H and O–H groups in total. The Bertz CT molecular complexity index is 2220. The van der Waals surface area contributed by atoms with Gasteiger partial charge in [0.2, 0.25) is 0 Å². The first-order chi connectivity index (χ1) is 25.7. The zero-order chi connectivity index (χ0) is 35.1. The Hall–Kier alpha value is -6.58. The highest BCUT2D eigenvalue weighted by Gasteiger charge is 2.20. The third-order valence-electron chi connectivity index (χ3n) is 9.76. The lowest BCUT2D eigenvalue weighted by Gasteiger charge is -2.28. The van der Waals surface area contributed by atoms with Crippen molar-refractivity contribution in [3.05, 3.63) is 218 Å². The fourth-order valence-electron chi connectivity index (χ4n) is 7.09. The molecule has 2 unspecified atom stereocenters. The van der Waals surface area contributed by atoms with E-state index in [4.69, 9.17) is 0 Å². The average molecular weight is 672 g/mol. The molecule has 0 amide bonds. The van der Waals surface area contributed by atoms with Crippen molar-refractivity contribution in [1.82, 2.24) is 0 Å². The minimum atomic E-state index is 0.359. The van der Waals surface area contributed by atoms with E-state index in [1.165, 1.54) is 16.7 Å². The molecule has 0 aliphatic heterocycles. The van der Waals surface area contributed by atoms with E-state index in [2.05, 4.69) is 234 Å². The number of allylic oxidation sites excluding steroid dienone is 4. The fraction of sp³-hybridized carbons (Fsp3) is 0.0612.